The van der Waals surface area contributed by atoms with Gasteiger partial charge in [-0.2, -0.15) is 0 Å². The normalized spacial score (nSPS) is 10.1. The minimum atomic E-state index is 0. The van der Waals surface area contributed by atoms with Gasteiger partial charge in [-0.25, -0.2) is 0 Å². The number of nitrogens with one attached hydrogen (secondary N) is 1. The summed E-state index contributed by atoms with van der Waals surface area (Å²) in [4.78, 5) is 0. The maximum absolute atomic E-state index is 6.08. The third-order valence-corrected chi connectivity index (χ3v) is 3.91. The van der Waals surface area contributed by atoms with Gasteiger partial charge in [0.15, 0.2) is 11.5 Å². The van der Waals surface area contributed by atoms with Gasteiger partial charge in [-0.3, -0.25) is 0 Å². The van der Waals surface area contributed by atoms with Crippen LogP contribution in [0.5, 0.6) is 17.2 Å². The number of ether oxygens (including phenoxy) is 3. The summed E-state index contributed by atoms with van der Waals surface area (Å²) in [5.41, 5.74) is 2.26. The Bertz CT molecular complexity index is 665. The average molecular weight is 386 g/mol. The van der Waals surface area contributed by atoms with Gasteiger partial charge >= 0.3 is 0 Å². The molecule has 0 heterocycles. The Morgan fingerprint density at radius 3 is 2.36 bits per heavy atom. The fourth-order valence-electron chi connectivity index (χ4n) is 2.47. The molecule has 0 aromatic heterocycles. The number of benzene rings is 2. The largest absolute Gasteiger partial charge is 0.494 e. The van der Waals surface area contributed by atoms with E-state index in [1.54, 1.807) is 14.2 Å². The zero-order valence-corrected chi connectivity index (χ0v) is 16.4. The van der Waals surface area contributed by atoms with E-state index in [0.29, 0.717) is 13.2 Å². The maximum Gasteiger partial charge on any atom is 0.160 e. The molecular formula is C19H25Cl2NO3. The topological polar surface area (TPSA) is 39.7 Å². The molecule has 0 aliphatic rings. The second-order valence-electron chi connectivity index (χ2n) is 5.30. The Morgan fingerprint density at radius 1 is 0.960 bits per heavy atom. The number of hydrogen-bond acceptors (Lipinski definition) is 4. The van der Waals surface area contributed by atoms with Crippen LogP contribution in [0.3, 0.4) is 0 Å². The Kier molecular flexibility index (Phi) is 9.50. The monoisotopic (exact) mass is 385 g/mol. The van der Waals surface area contributed by atoms with Crippen molar-refractivity contribution < 1.29 is 14.2 Å². The number of hydrogen-bond donors (Lipinski definition) is 1. The molecule has 0 fully saturated rings. The predicted molar refractivity (Wildman–Crippen MR) is 105 cm³/mol. The van der Waals surface area contributed by atoms with Gasteiger partial charge in [0.25, 0.3) is 0 Å². The Hall–Kier alpha value is -1.62. The van der Waals surface area contributed by atoms with Crippen LogP contribution < -0.4 is 19.5 Å². The van der Waals surface area contributed by atoms with Gasteiger partial charge in [0.05, 0.1) is 20.8 Å². The smallest absolute Gasteiger partial charge is 0.160 e. The molecule has 2 aromatic carbocycles. The van der Waals surface area contributed by atoms with Crippen molar-refractivity contribution in [2.45, 2.75) is 19.9 Å². The summed E-state index contributed by atoms with van der Waals surface area (Å²) in [6, 6.07) is 11.7. The van der Waals surface area contributed by atoms with E-state index >= 15 is 0 Å². The van der Waals surface area contributed by atoms with Crippen molar-refractivity contribution in [1.82, 2.24) is 5.32 Å². The first kappa shape index (κ1) is 21.4. The van der Waals surface area contributed by atoms with Gasteiger partial charge in [0.2, 0.25) is 0 Å². The molecule has 0 bridgehead atoms. The molecule has 0 amide bonds. The van der Waals surface area contributed by atoms with E-state index in [1.165, 1.54) is 5.56 Å². The third-order valence-electron chi connectivity index (χ3n) is 3.68. The van der Waals surface area contributed by atoms with Crippen molar-refractivity contribution in [1.29, 1.82) is 0 Å². The molecule has 0 atom stereocenters. The molecule has 25 heavy (non-hydrogen) atoms. The van der Waals surface area contributed by atoms with Crippen LogP contribution in [0.1, 0.15) is 18.1 Å². The zero-order valence-electron chi connectivity index (χ0n) is 14.8. The molecule has 138 valence electrons. The summed E-state index contributed by atoms with van der Waals surface area (Å²) in [6.45, 7) is 4.17. The highest BCUT2D eigenvalue weighted by Gasteiger charge is 2.06. The quantitative estimate of drug-likeness (QED) is 0.644. The molecule has 2 aromatic rings. The highest BCUT2D eigenvalue weighted by Crippen LogP contribution is 2.27. The van der Waals surface area contributed by atoms with Crippen LogP contribution in [-0.4, -0.2) is 27.4 Å². The van der Waals surface area contributed by atoms with E-state index < -0.39 is 0 Å². The van der Waals surface area contributed by atoms with Crippen molar-refractivity contribution in [3.05, 3.63) is 52.5 Å². The highest BCUT2D eigenvalue weighted by atomic mass is 35.5. The second-order valence-corrected chi connectivity index (χ2v) is 5.74. The van der Waals surface area contributed by atoms with Gasteiger partial charge in [-0.1, -0.05) is 17.7 Å². The SMILES string of the molecule is CCOc1ccc(Cl)cc1CNCCc1ccc(OC)c(OC)c1.Cl. The molecule has 0 spiro atoms. The highest BCUT2D eigenvalue weighted by molar-refractivity contribution is 6.30. The van der Waals surface area contributed by atoms with Crippen molar-refractivity contribution in [2.24, 2.45) is 0 Å². The number of methoxy groups -OCH3 is 2. The molecule has 6 heteroatoms. The summed E-state index contributed by atoms with van der Waals surface area (Å²) in [6.07, 6.45) is 0.894. The van der Waals surface area contributed by atoms with Crippen molar-refractivity contribution in [2.75, 3.05) is 27.4 Å². The van der Waals surface area contributed by atoms with Crippen LogP contribution in [0.2, 0.25) is 5.02 Å². The molecule has 0 saturated heterocycles. The molecule has 0 unspecified atom stereocenters. The summed E-state index contributed by atoms with van der Waals surface area (Å²) in [5, 5.41) is 4.15. The zero-order chi connectivity index (χ0) is 17.4. The van der Waals surface area contributed by atoms with E-state index in [0.717, 1.165) is 40.8 Å². The first-order chi connectivity index (χ1) is 11.7. The lowest BCUT2D eigenvalue weighted by Gasteiger charge is -2.12. The van der Waals surface area contributed by atoms with Crippen LogP contribution in [0.15, 0.2) is 36.4 Å². The molecule has 0 aliphatic carbocycles. The van der Waals surface area contributed by atoms with Crippen LogP contribution >= 0.6 is 24.0 Å². The standard InChI is InChI=1S/C19H24ClNO3.ClH/c1-4-24-17-8-6-16(20)12-15(17)13-21-10-9-14-5-7-18(22-2)19(11-14)23-3;/h5-8,11-12,21H,4,9-10,13H2,1-3H3;1H. The number of rotatable bonds is 9. The molecule has 0 aliphatic heterocycles. The lowest BCUT2D eigenvalue weighted by molar-refractivity contribution is 0.335. The minimum absolute atomic E-state index is 0. The second kappa shape index (κ2) is 11.1. The van der Waals surface area contributed by atoms with E-state index in [4.69, 9.17) is 25.8 Å². The van der Waals surface area contributed by atoms with Crippen molar-refractivity contribution in [3.8, 4) is 17.2 Å². The van der Waals surface area contributed by atoms with Gasteiger partial charge in [0.1, 0.15) is 5.75 Å². The Labute approximate surface area is 160 Å². The first-order valence-electron chi connectivity index (χ1n) is 8.00. The van der Waals surface area contributed by atoms with Gasteiger partial charge in [0, 0.05) is 17.1 Å². The minimum Gasteiger partial charge on any atom is -0.494 e. The lowest BCUT2D eigenvalue weighted by atomic mass is 10.1. The third kappa shape index (κ3) is 6.31. The van der Waals surface area contributed by atoms with Crippen molar-refractivity contribution in [3.63, 3.8) is 0 Å². The fraction of sp³-hybridized carbons (Fsp3) is 0.368. The fourth-order valence-corrected chi connectivity index (χ4v) is 2.67. The lowest BCUT2D eigenvalue weighted by Crippen LogP contribution is -2.17. The molecule has 1 N–H and O–H groups in total. The average Bonchev–Trinajstić information content (AvgIpc) is 2.60. The number of halogens is 2. The van der Waals surface area contributed by atoms with Crippen LogP contribution in [0.25, 0.3) is 0 Å². The Morgan fingerprint density at radius 2 is 1.68 bits per heavy atom. The van der Waals surface area contributed by atoms with Crippen LogP contribution in [-0.2, 0) is 13.0 Å². The van der Waals surface area contributed by atoms with Crippen LogP contribution in [0.4, 0.5) is 0 Å². The van der Waals surface area contributed by atoms with E-state index in [1.807, 2.05) is 43.3 Å². The van der Waals surface area contributed by atoms with E-state index in [-0.39, 0.29) is 12.4 Å². The molecule has 0 saturated carbocycles. The summed E-state index contributed by atoms with van der Waals surface area (Å²) < 4.78 is 16.2. The maximum atomic E-state index is 6.08. The van der Waals surface area contributed by atoms with E-state index in [9.17, 15) is 0 Å². The van der Waals surface area contributed by atoms with Crippen molar-refractivity contribution >= 4 is 24.0 Å². The summed E-state index contributed by atoms with van der Waals surface area (Å²) in [5.74, 6) is 2.37. The first-order valence-corrected chi connectivity index (χ1v) is 8.38. The molecular weight excluding hydrogens is 361 g/mol. The Balaban J connectivity index is 0.00000312. The molecule has 2 rings (SSSR count). The van der Waals surface area contributed by atoms with Crippen LogP contribution in [0, 0.1) is 0 Å². The predicted octanol–water partition coefficient (Wildman–Crippen LogP) is 4.51. The van der Waals surface area contributed by atoms with E-state index in [2.05, 4.69) is 5.32 Å². The molecule has 0 radical (unpaired) electrons. The summed E-state index contributed by atoms with van der Waals surface area (Å²) in [7, 11) is 3.29. The summed E-state index contributed by atoms with van der Waals surface area (Å²) >= 11 is 6.08. The molecule has 4 nitrogen and oxygen atoms in total. The van der Waals surface area contributed by atoms with Gasteiger partial charge in [-0.15, -0.1) is 12.4 Å². The van der Waals surface area contributed by atoms with Gasteiger partial charge in [-0.05, 0) is 55.8 Å². The van der Waals surface area contributed by atoms with Gasteiger partial charge < -0.3 is 19.5 Å².